The third-order valence-corrected chi connectivity index (χ3v) is 2.72. The van der Waals surface area contributed by atoms with Crippen LogP contribution in [0.5, 0.6) is 11.5 Å². The fourth-order valence-electron chi connectivity index (χ4n) is 1.75. The van der Waals surface area contributed by atoms with Gasteiger partial charge < -0.3 is 23.7 Å². The second-order valence-electron chi connectivity index (χ2n) is 4.32. The summed E-state index contributed by atoms with van der Waals surface area (Å²) in [5.74, 6) is 1.39. The van der Waals surface area contributed by atoms with E-state index in [1.54, 1.807) is 0 Å². The third-order valence-electron chi connectivity index (χ3n) is 2.72. The summed E-state index contributed by atoms with van der Waals surface area (Å²) in [6.45, 7) is 8.13. The smallest absolute Gasteiger partial charge is 0.161 e. The van der Waals surface area contributed by atoms with Gasteiger partial charge in [-0.3, -0.25) is 0 Å². The topological polar surface area (TPSA) is 46.2 Å². The summed E-state index contributed by atoms with van der Waals surface area (Å²) in [5, 5.41) is 0. The van der Waals surface area contributed by atoms with Crippen molar-refractivity contribution < 1.29 is 23.7 Å². The molecule has 1 aliphatic rings. The van der Waals surface area contributed by atoms with Crippen molar-refractivity contribution in [2.24, 2.45) is 0 Å². The predicted octanol–water partition coefficient (Wildman–Crippen LogP) is 1.69. The zero-order chi connectivity index (χ0) is 14.0. The van der Waals surface area contributed by atoms with Crippen molar-refractivity contribution in [1.29, 1.82) is 0 Å². The second-order valence-corrected chi connectivity index (χ2v) is 4.32. The average Bonchev–Trinajstić information content (AvgIpc) is 2.45. The zero-order valence-corrected chi connectivity index (χ0v) is 11.6. The number of fused-ring (bicyclic) bond motifs is 1. The first kappa shape index (κ1) is 15.1. The molecule has 0 aliphatic carbocycles. The van der Waals surface area contributed by atoms with Gasteiger partial charge in [-0.25, -0.2) is 0 Å². The highest BCUT2D eigenvalue weighted by Crippen LogP contribution is 2.28. The Hall–Kier alpha value is -1.30. The summed E-state index contributed by atoms with van der Waals surface area (Å²) in [5.41, 5.74) is 0.885. The van der Waals surface area contributed by atoms with Crippen molar-refractivity contribution in [2.75, 3.05) is 52.9 Å². The quantitative estimate of drug-likeness (QED) is 0.724. The minimum Gasteiger partial charge on any atom is -0.487 e. The van der Waals surface area contributed by atoms with Crippen molar-refractivity contribution in [2.45, 2.75) is 0 Å². The molecule has 0 fully saturated rings. The third kappa shape index (κ3) is 5.36. The van der Waals surface area contributed by atoms with E-state index in [0.717, 1.165) is 5.56 Å². The van der Waals surface area contributed by atoms with Crippen LogP contribution in [0.15, 0.2) is 18.2 Å². The van der Waals surface area contributed by atoms with Crippen LogP contribution in [0.2, 0.25) is 0 Å². The number of hydrogen-bond acceptors (Lipinski definition) is 5. The van der Waals surface area contributed by atoms with E-state index in [1.165, 1.54) is 0 Å². The lowest BCUT2D eigenvalue weighted by molar-refractivity contribution is 0.00708. The largest absolute Gasteiger partial charge is 0.487 e. The molecule has 2 rings (SSSR count). The highest BCUT2D eigenvalue weighted by molar-refractivity contribution is 5.43. The molecule has 1 aromatic carbocycles. The second kappa shape index (κ2) is 8.79. The molecule has 0 amide bonds. The Morgan fingerprint density at radius 3 is 1.75 bits per heavy atom. The molecule has 0 aromatic heterocycles. The standard InChI is InChI=1S/C15H21O5/c1-13-2-3-14-15(12-13)20-11-9-18-7-5-16-4-6-17-8-10-19-14/h2-3,12H,1,4-11H2. The predicted molar refractivity (Wildman–Crippen MR) is 74.3 cm³/mol. The fraction of sp³-hybridized carbons (Fsp3) is 0.533. The van der Waals surface area contributed by atoms with E-state index in [-0.39, 0.29) is 0 Å². The molecule has 111 valence electrons. The van der Waals surface area contributed by atoms with Gasteiger partial charge in [0.25, 0.3) is 0 Å². The van der Waals surface area contributed by atoms with Gasteiger partial charge in [0, 0.05) is 0 Å². The van der Waals surface area contributed by atoms with Gasteiger partial charge in [-0.2, -0.15) is 0 Å². The SMILES string of the molecule is [CH2]c1ccc2c(c1)OCCOCCOCCOCCO2. The Morgan fingerprint density at radius 2 is 1.15 bits per heavy atom. The van der Waals surface area contributed by atoms with Crippen LogP contribution in [0.4, 0.5) is 0 Å². The van der Waals surface area contributed by atoms with Gasteiger partial charge in [-0.05, 0) is 24.6 Å². The van der Waals surface area contributed by atoms with E-state index in [0.29, 0.717) is 64.4 Å². The van der Waals surface area contributed by atoms with E-state index in [1.807, 2.05) is 18.2 Å². The molecular formula is C15H21O5. The van der Waals surface area contributed by atoms with Gasteiger partial charge >= 0.3 is 0 Å². The first-order valence-corrected chi connectivity index (χ1v) is 6.81. The fourth-order valence-corrected chi connectivity index (χ4v) is 1.75. The van der Waals surface area contributed by atoms with Crippen LogP contribution < -0.4 is 9.47 Å². The molecule has 0 spiro atoms. The maximum absolute atomic E-state index is 5.67. The molecule has 1 aromatic rings. The van der Waals surface area contributed by atoms with Gasteiger partial charge in [0.2, 0.25) is 0 Å². The molecule has 0 N–H and O–H groups in total. The summed E-state index contributed by atoms with van der Waals surface area (Å²) in [6, 6.07) is 5.61. The molecule has 1 heterocycles. The lowest BCUT2D eigenvalue weighted by Crippen LogP contribution is -2.13. The first-order valence-electron chi connectivity index (χ1n) is 6.81. The summed E-state index contributed by atoms with van der Waals surface area (Å²) >= 11 is 0. The lowest BCUT2D eigenvalue weighted by atomic mass is 10.2. The van der Waals surface area contributed by atoms with E-state index in [9.17, 15) is 0 Å². The van der Waals surface area contributed by atoms with Crippen LogP contribution in [0.1, 0.15) is 5.56 Å². The number of hydrogen-bond donors (Lipinski definition) is 0. The summed E-state index contributed by atoms with van der Waals surface area (Å²) in [4.78, 5) is 0. The number of rotatable bonds is 0. The molecule has 0 atom stereocenters. The van der Waals surface area contributed by atoms with Gasteiger partial charge in [0.1, 0.15) is 13.2 Å². The highest BCUT2D eigenvalue weighted by Gasteiger charge is 2.06. The molecule has 0 saturated carbocycles. The Balaban J connectivity index is 1.93. The molecule has 20 heavy (non-hydrogen) atoms. The van der Waals surface area contributed by atoms with Gasteiger partial charge in [0.15, 0.2) is 11.5 Å². The lowest BCUT2D eigenvalue weighted by Gasteiger charge is -2.13. The monoisotopic (exact) mass is 281 g/mol. The summed E-state index contributed by atoms with van der Waals surface area (Å²) in [6.07, 6.45) is 0. The molecule has 1 radical (unpaired) electrons. The van der Waals surface area contributed by atoms with Crippen molar-refractivity contribution in [3.05, 3.63) is 30.7 Å². The van der Waals surface area contributed by atoms with Crippen molar-refractivity contribution in [3.63, 3.8) is 0 Å². The van der Waals surface area contributed by atoms with Crippen molar-refractivity contribution in [3.8, 4) is 11.5 Å². The summed E-state index contributed by atoms with van der Waals surface area (Å²) < 4.78 is 27.5. The molecule has 0 saturated heterocycles. The van der Waals surface area contributed by atoms with Crippen molar-refractivity contribution >= 4 is 0 Å². The minimum absolute atomic E-state index is 0.469. The van der Waals surface area contributed by atoms with Crippen molar-refractivity contribution in [1.82, 2.24) is 0 Å². The van der Waals surface area contributed by atoms with Gasteiger partial charge in [-0.1, -0.05) is 6.07 Å². The Morgan fingerprint density at radius 1 is 0.650 bits per heavy atom. The van der Waals surface area contributed by atoms with E-state index < -0.39 is 0 Å². The summed E-state index contributed by atoms with van der Waals surface area (Å²) in [7, 11) is 0. The van der Waals surface area contributed by atoms with E-state index in [4.69, 9.17) is 23.7 Å². The maximum atomic E-state index is 5.67. The van der Waals surface area contributed by atoms with Crippen LogP contribution >= 0.6 is 0 Å². The average molecular weight is 281 g/mol. The normalized spacial score (nSPS) is 18.9. The Kier molecular flexibility index (Phi) is 6.63. The molecular weight excluding hydrogens is 260 g/mol. The van der Waals surface area contributed by atoms with Gasteiger partial charge in [0.05, 0.1) is 39.6 Å². The molecule has 5 nitrogen and oxygen atoms in total. The molecule has 0 unspecified atom stereocenters. The Labute approximate surface area is 119 Å². The first-order chi connectivity index (χ1) is 9.86. The van der Waals surface area contributed by atoms with Crippen LogP contribution in [0.3, 0.4) is 0 Å². The van der Waals surface area contributed by atoms with Gasteiger partial charge in [-0.15, -0.1) is 0 Å². The van der Waals surface area contributed by atoms with E-state index >= 15 is 0 Å². The maximum Gasteiger partial charge on any atom is 0.161 e. The number of ether oxygens (including phenoxy) is 5. The zero-order valence-electron chi connectivity index (χ0n) is 11.6. The van der Waals surface area contributed by atoms with Crippen LogP contribution in [0.25, 0.3) is 0 Å². The highest BCUT2D eigenvalue weighted by atomic mass is 16.6. The van der Waals surface area contributed by atoms with E-state index in [2.05, 4.69) is 6.92 Å². The molecule has 5 heteroatoms. The van der Waals surface area contributed by atoms with Crippen LogP contribution in [0, 0.1) is 6.92 Å². The van der Waals surface area contributed by atoms with Crippen LogP contribution in [-0.2, 0) is 14.2 Å². The minimum atomic E-state index is 0.469. The Bertz CT molecular complexity index is 394. The van der Waals surface area contributed by atoms with Crippen LogP contribution in [-0.4, -0.2) is 52.9 Å². The number of benzene rings is 1. The molecule has 0 bridgehead atoms. The molecule has 1 aliphatic heterocycles.